The molecule has 24 heavy (non-hydrogen) atoms. The van der Waals surface area contributed by atoms with Crippen LogP contribution in [0.4, 0.5) is 4.39 Å². The van der Waals surface area contributed by atoms with Gasteiger partial charge in [0.25, 0.3) is 0 Å². The Balaban J connectivity index is 1.57. The third-order valence-electron chi connectivity index (χ3n) is 3.66. The van der Waals surface area contributed by atoms with Crippen molar-refractivity contribution < 1.29 is 9.18 Å². The fourth-order valence-corrected chi connectivity index (χ4v) is 2.45. The van der Waals surface area contributed by atoms with E-state index in [-0.39, 0.29) is 11.7 Å². The second kappa shape index (κ2) is 7.50. The maximum absolute atomic E-state index is 13.1. The van der Waals surface area contributed by atoms with Crippen LogP contribution in [0.5, 0.6) is 0 Å². The van der Waals surface area contributed by atoms with E-state index in [1.54, 1.807) is 17.1 Å². The van der Waals surface area contributed by atoms with Gasteiger partial charge in [-0.3, -0.25) is 4.79 Å². The Kier molecular flexibility index (Phi) is 4.96. The molecule has 0 radical (unpaired) electrons. The van der Waals surface area contributed by atoms with E-state index in [2.05, 4.69) is 15.4 Å². The van der Waals surface area contributed by atoms with Crippen molar-refractivity contribution in [3.8, 4) is 5.69 Å². The number of aryl methyl sites for hydroxylation is 1. The van der Waals surface area contributed by atoms with Gasteiger partial charge in [-0.25, -0.2) is 14.1 Å². The molecule has 3 rings (SSSR count). The van der Waals surface area contributed by atoms with E-state index < -0.39 is 0 Å². The molecule has 0 unspecified atom stereocenters. The van der Waals surface area contributed by atoms with E-state index in [0.29, 0.717) is 19.4 Å². The first-order valence-corrected chi connectivity index (χ1v) is 7.66. The standard InChI is InChI=1S/C18H17FN4O/c19-16-6-3-4-14(10-16)8-9-18(24)21-11-15-5-1-2-7-17(15)23-13-20-12-22-23/h1-7,10,12-13H,8-9,11H2,(H,21,24). The summed E-state index contributed by atoms with van der Waals surface area (Å²) in [5.74, 6) is -0.359. The number of rotatable bonds is 6. The van der Waals surface area contributed by atoms with Crippen molar-refractivity contribution in [1.29, 1.82) is 0 Å². The van der Waals surface area contributed by atoms with Gasteiger partial charge in [0.2, 0.25) is 5.91 Å². The fourth-order valence-electron chi connectivity index (χ4n) is 2.45. The minimum absolute atomic E-state index is 0.0762. The zero-order valence-electron chi connectivity index (χ0n) is 13.0. The third-order valence-corrected chi connectivity index (χ3v) is 3.66. The number of carbonyl (C=O) groups excluding carboxylic acids is 1. The number of carbonyl (C=O) groups is 1. The topological polar surface area (TPSA) is 59.8 Å². The molecular weight excluding hydrogens is 307 g/mol. The molecule has 3 aromatic rings. The van der Waals surface area contributed by atoms with Crippen molar-refractivity contribution in [2.45, 2.75) is 19.4 Å². The molecule has 2 aromatic carbocycles. The number of nitrogens with one attached hydrogen (secondary N) is 1. The van der Waals surface area contributed by atoms with Crippen LogP contribution in [0, 0.1) is 5.82 Å². The molecule has 0 atom stereocenters. The minimum Gasteiger partial charge on any atom is -0.352 e. The summed E-state index contributed by atoms with van der Waals surface area (Å²) in [6.07, 6.45) is 3.90. The second-order valence-electron chi connectivity index (χ2n) is 5.38. The lowest BCUT2D eigenvalue weighted by Gasteiger charge is -2.10. The molecule has 0 aliphatic carbocycles. The Labute approximate surface area is 139 Å². The van der Waals surface area contributed by atoms with E-state index in [4.69, 9.17) is 0 Å². The Morgan fingerprint density at radius 3 is 2.83 bits per heavy atom. The first-order valence-electron chi connectivity index (χ1n) is 7.66. The summed E-state index contributed by atoms with van der Waals surface area (Å²) in [7, 11) is 0. The first kappa shape index (κ1) is 15.9. The quantitative estimate of drug-likeness (QED) is 0.758. The van der Waals surface area contributed by atoms with Crippen LogP contribution in [0.15, 0.2) is 61.2 Å². The highest BCUT2D eigenvalue weighted by atomic mass is 19.1. The second-order valence-corrected chi connectivity index (χ2v) is 5.38. The van der Waals surface area contributed by atoms with Crippen molar-refractivity contribution in [3.05, 3.63) is 78.1 Å². The number of aromatic nitrogens is 3. The van der Waals surface area contributed by atoms with Gasteiger partial charge in [0.05, 0.1) is 5.69 Å². The Morgan fingerprint density at radius 1 is 1.17 bits per heavy atom. The number of benzene rings is 2. The van der Waals surface area contributed by atoms with Gasteiger partial charge in [-0.15, -0.1) is 0 Å². The van der Waals surface area contributed by atoms with Crippen LogP contribution in [0.3, 0.4) is 0 Å². The van der Waals surface area contributed by atoms with E-state index >= 15 is 0 Å². The molecule has 1 heterocycles. The van der Waals surface area contributed by atoms with Crippen molar-refractivity contribution in [2.75, 3.05) is 0 Å². The molecule has 6 heteroatoms. The monoisotopic (exact) mass is 324 g/mol. The molecule has 1 amide bonds. The third kappa shape index (κ3) is 4.04. The summed E-state index contributed by atoms with van der Waals surface area (Å²) in [4.78, 5) is 16.0. The molecule has 0 spiro atoms. The largest absolute Gasteiger partial charge is 0.352 e. The van der Waals surface area contributed by atoms with Crippen LogP contribution in [0.2, 0.25) is 0 Å². The average molecular weight is 324 g/mol. The number of amides is 1. The highest BCUT2D eigenvalue weighted by Crippen LogP contribution is 2.13. The number of halogens is 1. The summed E-state index contributed by atoms with van der Waals surface area (Å²) in [5, 5.41) is 7.01. The van der Waals surface area contributed by atoms with E-state index in [0.717, 1.165) is 16.8 Å². The van der Waals surface area contributed by atoms with Crippen LogP contribution >= 0.6 is 0 Å². The van der Waals surface area contributed by atoms with Crippen LogP contribution in [-0.4, -0.2) is 20.7 Å². The van der Waals surface area contributed by atoms with Crippen LogP contribution in [-0.2, 0) is 17.8 Å². The molecular formula is C18H17FN4O. The molecule has 0 aliphatic rings. The van der Waals surface area contributed by atoms with Crippen molar-refractivity contribution in [3.63, 3.8) is 0 Å². The molecule has 0 saturated heterocycles. The van der Waals surface area contributed by atoms with Crippen LogP contribution < -0.4 is 5.32 Å². The highest BCUT2D eigenvalue weighted by Gasteiger charge is 2.07. The normalized spacial score (nSPS) is 10.5. The van der Waals surface area contributed by atoms with E-state index in [1.807, 2.05) is 30.3 Å². The SMILES string of the molecule is O=C(CCc1cccc(F)c1)NCc1ccccc1-n1cncn1. The summed E-state index contributed by atoms with van der Waals surface area (Å²) in [6, 6.07) is 14.0. The van der Waals surface area contributed by atoms with Crippen LogP contribution in [0.1, 0.15) is 17.5 Å². The van der Waals surface area contributed by atoms with Gasteiger partial charge < -0.3 is 5.32 Å². The molecule has 122 valence electrons. The van der Waals surface area contributed by atoms with Crippen molar-refractivity contribution in [1.82, 2.24) is 20.1 Å². The first-order chi connectivity index (χ1) is 11.7. The van der Waals surface area contributed by atoms with Gasteiger partial charge in [-0.05, 0) is 35.7 Å². The maximum atomic E-state index is 13.1. The molecule has 0 saturated carbocycles. The molecule has 1 N–H and O–H groups in total. The lowest BCUT2D eigenvalue weighted by Crippen LogP contribution is -2.23. The summed E-state index contributed by atoms with van der Waals surface area (Å²) < 4.78 is 14.8. The minimum atomic E-state index is -0.283. The van der Waals surface area contributed by atoms with Gasteiger partial charge in [-0.1, -0.05) is 30.3 Å². The average Bonchev–Trinajstić information content (AvgIpc) is 3.13. The van der Waals surface area contributed by atoms with Crippen molar-refractivity contribution in [2.24, 2.45) is 0 Å². The van der Waals surface area contributed by atoms with Gasteiger partial charge in [0.15, 0.2) is 0 Å². The van der Waals surface area contributed by atoms with Gasteiger partial charge >= 0.3 is 0 Å². The van der Waals surface area contributed by atoms with Crippen molar-refractivity contribution >= 4 is 5.91 Å². The number of hydrogen-bond acceptors (Lipinski definition) is 3. The summed E-state index contributed by atoms with van der Waals surface area (Å²) in [6.45, 7) is 0.401. The summed E-state index contributed by atoms with van der Waals surface area (Å²) >= 11 is 0. The zero-order chi connectivity index (χ0) is 16.8. The lowest BCUT2D eigenvalue weighted by molar-refractivity contribution is -0.121. The van der Waals surface area contributed by atoms with E-state index in [9.17, 15) is 9.18 Å². The zero-order valence-corrected chi connectivity index (χ0v) is 13.0. The maximum Gasteiger partial charge on any atom is 0.220 e. The van der Waals surface area contributed by atoms with E-state index in [1.165, 1.54) is 18.5 Å². The number of hydrogen-bond donors (Lipinski definition) is 1. The highest BCUT2D eigenvalue weighted by molar-refractivity contribution is 5.76. The predicted octanol–water partition coefficient (Wildman–Crippen LogP) is 2.66. The molecule has 0 bridgehead atoms. The number of para-hydroxylation sites is 1. The molecule has 0 aliphatic heterocycles. The Morgan fingerprint density at radius 2 is 2.04 bits per heavy atom. The smallest absolute Gasteiger partial charge is 0.220 e. The summed E-state index contributed by atoms with van der Waals surface area (Å²) in [5.41, 5.74) is 2.63. The van der Waals surface area contributed by atoms with Gasteiger partial charge in [-0.2, -0.15) is 5.10 Å². The number of nitrogens with zero attached hydrogens (tertiary/aromatic N) is 3. The molecule has 1 aromatic heterocycles. The molecule has 0 fully saturated rings. The Bertz CT molecular complexity index is 817. The lowest BCUT2D eigenvalue weighted by atomic mass is 10.1. The van der Waals surface area contributed by atoms with Gasteiger partial charge in [0.1, 0.15) is 18.5 Å². The van der Waals surface area contributed by atoms with Crippen LogP contribution in [0.25, 0.3) is 5.69 Å². The van der Waals surface area contributed by atoms with Gasteiger partial charge in [0, 0.05) is 13.0 Å². The Hall–Kier alpha value is -3.02. The molecule has 5 nitrogen and oxygen atoms in total. The fraction of sp³-hybridized carbons (Fsp3) is 0.167. The predicted molar refractivity (Wildman–Crippen MR) is 87.9 cm³/mol.